The van der Waals surface area contributed by atoms with Crippen molar-refractivity contribution in [2.24, 2.45) is 7.05 Å². The van der Waals surface area contributed by atoms with E-state index in [1.807, 2.05) is 17.9 Å². The number of hydrogen-bond donors (Lipinski definition) is 1. The molecule has 0 saturated heterocycles. The monoisotopic (exact) mass is 257 g/mol. The Morgan fingerprint density at radius 2 is 2.00 bits per heavy atom. The molecule has 0 aliphatic heterocycles. The summed E-state index contributed by atoms with van der Waals surface area (Å²) < 4.78 is 1.85. The second kappa shape index (κ2) is 7.10. The molecule has 0 fully saturated rings. The van der Waals surface area contributed by atoms with Crippen molar-refractivity contribution >= 4 is 0 Å². The maximum absolute atomic E-state index is 4.17. The predicted octanol–water partition coefficient (Wildman–Crippen LogP) is 2.75. The topological polar surface area (TPSA) is 29.9 Å². The lowest BCUT2D eigenvalue weighted by Crippen LogP contribution is -2.19. The van der Waals surface area contributed by atoms with Gasteiger partial charge in [-0.25, -0.2) is 0 Å². The average molecular weight is 257 g/mol. The minimum absolute atomic E-state index is 0.618. The van der Waals surface area contributed by atoms with Crippen LogP contribution in [-0.4, -0.2) is 22.9 Å². The Bertz CT molecular complexity index is 476. The molecule has 1 N–H and O–H groups in total. The summed E-state index contributed by atoms with van der Waals surface area (Å²) in [7, 11) is 1.96. The summed E-state index contributed by atoms with van der Waals surface area (Å²) in [5.41, 5.74) is 2.72. The van der Waals surface area contributed by atoms with Crippen molar-refractivity contribution in [1.82, 2.24) is 15.1 Å². The van der Waals surface area contributed by atoms with E-state index in [-0.39, 0.29) is 0 Å². The summed E-state index contributed by atoms with van der Waals surface area (Å²) in [4.78, 5) is 0. The second-order valence-corrected chi connectivity index (χ2v) is 5.12. The van der Waals surface area contributed by atoms with E-state index in [1.165, 1.54) is 17.5 Å². The molecule has 0 aliphatic carbocycles. The summed E-state index contributed by atoms with van der Waals surface area (Å²) in [6.07, 6.45) is 6.24. The summed E-state index contributed by atoms with van der Waals surface area (Å²) in [6.45, 7) is 4.38. The molecule has 0 saturated carbocycles. The number of benzene rings is 1. The molecular weight excluding hydrogens is 234 g/mol. The van der Waals surface area contributed by atoms with Gasteiger partial charge < -0.3 is 5.32 Å². The van der Waals surface area contributed by atoms with E-state index >= 15 is 0 Å². The number of nitrogens with zero attached hydrogens (tertiary/aromatic N) is 2. The molecule has 3 heteroatoms. The molecule has 0 aliphatic rings. The van der Waals surface area contributed by atoms with E-state index in [0.717, 1.165) is 19.5 Å². The van der Waals surface area contributed by atoms with Gasteiger partial charge in [0.1, 0.15) is 0 Å². The van der Waals surface area contributed by atoms with Crippen LogP contribution in [0.2, 0.25) is 0 Å². The zero-order valence-corrected chi connectivity index (χ0v) is 11.8. The standard InChI is InChI=1S/C16H23N3/c1-14(16-6-4-3-5-7-16)8-10-17-11-9-15-12-18-19(2)13-15/h3-7,12-14,17H,8-11H2,1-2H3. The van der Waals surface area contributed by atoms with Gasteiger partial charge in [-0.3, -0.25) is 4.68 Å². The molecule has 102 valence electrons. The lowest BCUT2D eigenvalue weighted by molar-refractivity contribution is 0.595. The van der Waals surface area contributed by atoms with Crippen molar-refractivity contribution in [1.29, 1.82) is 0 Å². The van der Waals surface area contributed by atoms with E-state index in [4.69, 9.17) is 0 Å². The highest BCUT2D eigenvalue weighted by atomic mass is 15.2. The molecule has 3 nitrogen and oxygen atoms in total. The van der Waals surface area contributed by atoms with Crippen molar-refractivity contribution < 1.29 is 0 Å². The van der Waals surface area contributed by atoms with Crippen LogP contribution in [0.3, 0.4) is 0 Å². The summed E-state index contributed by atoms with van der Waals surface area (Å²) in [6, 6.07) is 10.7. The summed E-state index contributed by atoms with van der Waals surface area (Å²) in [5, 5.41) is 7.68. The number of nitrogens with one attached hydrogen (secondary N) is 1. The molecule has 19 heavy (non-hydrogen) atoms. The van der Waals surface area contributed by atoms with Crippen molar-refractivity contribution in [3.63, 3.8) is 0 Å². The Hall–Kier alpha value is -1.61. The number of rotatable bonds is 7. The predicted molar refractivity (Wildman–Crippen MR) is 79.3 cm³/mol. The summed E-state index contributed by atoms with van der Waals surface area (Å²) in [5.74, 6) is 0.618. The van der Waals surface area contributed by atoms with Crippen molar-refractivity contribution in [2.45, 2.75) is 25.7 Å². The van der Waals surface area contributed by atoms with Gasteiger partial charge in [0, 0.05) is 13.2 Å². The van der Waals surface area contributed by atoms with Crippen LogP contribution < -0.4 is 5.32 Å². The smallest absolute Gasteiger partial charge is 0.0522 e. The Morgan fingerprint density at radius 1 is 1.21 bits per heavy atom. The van der Waals surface area contributed by atoms with Crippen LogP contribution in [0, 0.1) is 0 Å². The van der Waals surface area contributed by atoms with Crippen LogP contribution in [0.5, 0.6) is 0 Å². The first-order valence-electron chi connectivity index (χ1n) is 6.99. The third kappa shape index (κ3) is 4.52. The Morgan fingerprint density at radius 3 is 2.68 bits per heavy atom. The molecule has 2 rings (SSSR count). The molecule has 1 heterocycles. The molecule has 1 unspecified atom stereocenters. The van der Waals surface area contributed by atoms with Crippen LogP contribution in [-0.2, 0) is 13.5 Å². The van der Waals surface area contributed by atoms with Crippen molar-refractivity contribution in [2.75, 3.05) is 13.1 Å². The van der Waals surface area contributed by atoms with Gasteiger partial charge >= 0.3 is 0 Å². The van der Waals surface area contributed by atoms with Gasteiger partial charge in [0.15, 0.2) is 0 Å². The lowest BCUT2D eigenvalue weighted by atomic mass is 9.98. The molecule has 1 aromatic heterocycles. The molecule has 1 atom stereocenters. The van der Waals surface area contributed by atoms with Gasteiger partial charge in [-0.15, -0.1) is 0 Å². The first kappa shape index (κ1) is 13.8. The maximum atomic E-state index is 4.17. The first-order valence-corrected chi connectivity index (χ1v) is 6.99. The Labute approximate surface area is 115 Å². The lowest BCUT2D eigenvalue weighted by Gasteiger charge is -2.12. The number of aromatic nitrogens is 2. The van der Waals surface area contributed by atoms with Gasteiger partial charge in [-0.1, -0.05) is 37.3 Å². The van der Waals surface area contributed by atoms with Crippen molar-refractivity contribution in [3.8, 4) is 0 Å². The number of aryl methyl sites for hydroxylation is 1. The van der Waals surface area contributed by atoms with E-state index < -0.39 is 0 Å². The fraction of sp³-hybridized carbons (Fsp3) is 0.438. The highest BCUT2D eigenvalue weighted by Gasteiger charge is 2.03. The average Bonchev–Trinajstić information content (AvgIpc) is 2.85. The highest BCUT2D eigenvalue weighted by Crippen LogP contribution is 2.17. The Kier molecular flexibility index (Phi) is 5.16. The zero-order chi connectivity index (χ0) is 13.5. The van der Waals surface area contributed by atoms with Gasteiger partial charge in [0.25, 0.3) is 0 Å². The first-order chi connectivity index (χ1) is 9.25. The second-order valence-electron chi connectivity index (χ2n) is 5.12. The quantitative estimate of drug-likeness (QED) is 0.773. The summed E-state index contributed by atoms with van der Waals surface area (Å²) >= 11 is 0. The van der Waals surface area contributed by atoms with Gasteiger partial charge in [-0.2, -0.15) is 5.10 Å². The van der Waals surface area contributed by atoms with E-state index in [0.29, 0.717) is 5.92 Å². The Balaban J connectivity index is 1.62. The molecule has 0 radical (unpaired) electrons. The number of hydrogen-bond acceptors (Lipinski definition) is 2. The molecule has 2 aromatic rings. The van der Waals surface area contributed by atoms with Crippen molar-refractivity contribution in [3.05, 3.63) is 53.9 Å². The van der Waals surface area contributed by atoms with Crippen LogP contribution >= 0.6 is 0 Å². The van der Waals surface area contributed by atoms with Crippen LogP contribution in [0.1, 0.15) is 30.4 Å². The highest BCUT2D eigenvalue weighted by molar-refractivity contribution is 5.18. The molecule has 1 aromatic carbocycles. The van der Waals surface area contributed by atoms with E-state index in [2.05, 4.69) is 53.9 Å². The van der Waals surface area contributed by atoms with Crippen LogP contribution in [0.15, 0.2) is 42.7 Å². The molecule has 0 bridgehead atoms. The molecular formula is C16H23N3. The third-order valence-electron chi connectivity index (χ3n) is 3.47. The SMILES string of the molecule is CC(CCNCCc1cnn(C)c1)c1ccccc1. The largest absolute Gasteiger partial charge is 0.316 e. The normalized spacial score (nSPS) is 12.5. The third-order valence-corrected chi connectivity index (χ3v) is 3.47. The van der Waals surface area contributed by atoms with Gasteiger partial charge in [0.05, 0.1) is 6.20 Å². The van der Waals surface area contributed by atoms with Gasteiger partial charge in [-0.05, 0) is 43.0 Å². The zero-order valence-electron chi connectivity index (χ0n) is 11.8. The fourth-order valence-corrected chi connectivity index (χ4v) is 2.23. The minimum atomic E-state index is 0.618. The van der Waals surface area contributed by atoms with E-state index in [1.54, 1.807) is 0 Å². The van der Waals surface area contributed by atoms with E-state index in [9.17, 15) is 0 Å². The fourth-order valence-electron chi connectivity index (χ4n) is 2.23. The maximum Gasteiger partial charge on any atom is 0.0522 e. The minimum Gasteiger partial charge on any atom is -0.316 e. The van der Waals surface area contributed by atoms with Crippen LogP contribution in [0.4, 0.5) is 0 Å². The molecule has 0 spiro atoms. The molecule has 0 amide bonds. The van der Waals surface area contributed by atoms with Gasteiger partial charge in [0.2, 0.25) is 0 Å². The van der Waals surface area contributed by atoms with Crippen LogP contribution in [0.25, 0.3) is 0 Å².